The third kappa shape index (κ3) is 3.37. The van der Waals surface area contributed by atoms with E-state index in [9.17, 15) is 26.3 Å². The maximum atomic E-state index is 12.2. The molecule has 0 N–H and O–H groups in total. The van der Waals surface area contributed by atoms with E-state index in [1.165, 1.54) is 0 Å². The first-order chi connectivity index (χ1) is 6.49. The Morgan fingerprint density at radius 2 is 1.47 bits per heavy atom. The Morgan fingerprint density at radius 1 is 1.13 bits per heavy atom. The molecule has 0 aromatic carbocycles. The molecule has 0 saturated heterocycles. The number of halogens is 7. The van der Waals surface area contributed by atoms with Crippen LogP contribution in [0.4, 0.5) is 26.3 Å². The summed E-state index contributed by atoms with van der Waals surface area (Å²) in [5.74, 6) is 0. The van der Waals surface area contributed by atoms with E-state index in [2.05, 4.69) is 22.5 Å². The lowest BCUT2D eigenvalue weighted by molar-refractivity contribution is -0.391. The normalized spacial score (nSPS) is 17.7. The van der Waals surface area contributed by atoms with Crippen molar-refractivity contribution in [2.75, 3.05) is 5.33 Å². The fraction of sp³-hybridized carbons (Fsp3) is 0.714. The second-order valence-electron chi connectivity index (χ2n) is 2.97. The number of nitrogens with zero attached hydrogens (tertiary/aromatic N) is 1. The predicted molar refractivity (Wildman–Crippen MR) is 46.3 cm³/mol. The van der Waals surface area contributed by atoms with Crippen molar-refractivity contribution in [1.29, 1.82) is 0 Å². The summed E-state index contributed by atoms with van der Waals surface area (Å²) in [5, 5.41) is -0.539. The summed E-state index contributed by atoms with van der Waals surface area (Å²) in [7, 11) is 0. The van der Waals surface area contributed by atoms with Crippen molar-refractivity contribution in [1.82, 2.24) is 4.90 Å². The van der Waals surface area contributed by atoms with Crippen molar-refractivity contribution < 1.29 is 26.3 Å². The van der Waals surface area contributed by atoms with Crippen LogP contribution in [0.15, 0.2) is 12.7 Å². The minimum atomic E-state index is -5.50. The van der Waals surface area contributed by atoms with Crippen LogP contribution in [-0.4, -0.2) is 28.4 Å². The maximum Gasteiger partial charge on any atom is 0.467 e. The molecule has 0 rings (SSSR count). The summed E-state index contributed by atoms with van der Waals surface area (Å²) >= 11 is 2.60. The van der Waals surface area contributed by atoms with Crippen molar-refractivity contribution in [3.05, 3.63) is 12.7 Å². The molecular formula is C7H8BrF6N. The number of alkyl halides is 7. The second kappa shape index (κ2) is 4.32. The molecule has 0 radical (unpaired) electrons. The molecule has 1 unspecified atom stereocenters. The van der Waals surface area contributed by atoms with E-state index in [1.54, 1.807) is 0 Å². The summed E-state index contributed by atoms with van der Waals surface area (Å²) in [5.41, 5.74) is -2.27. The summed E-state index contributed by atoms with van der Waals surface area (Å²) in [6.45, 7) is 3.77. The molecule has 0 saturated carbocycles. The summed E-state index contributed by atoms with van der Waals surface area (Å²) < 4.78 is 73.3. The van der Waals surface area contributed by atoms with Gasteiger partial charge in [-0.05, 0) is 6.92 Å². The summed E-state index contributed by atoms with van der Waals surface area (Å²) in [6, 6.07) is 0. The van der Waals surface area contributed by atoms with Gasteiger partial charge in [0.1, 0.15) is 0 Å². The van der Waals surface area contributed by atoms with Gasteiger partial charge in [0.25, 0.3) is 0 Å². The summed E-state index contributed by atoms with van der Waals surface area (Å²) in [6.07, 6.45) is -10.4. The lowest BCUT2D eigenvalue weighted by Crippen LogP contribution is -2.60. The fourth-order valence-electron chi connectivity index (χ4n) is 0.929. The minimum Gasteiger partial charge on any atom is -0.155 e. The summed E-state index contributed by atoms with van der Waals surface area (Å²) in [4.78, 5) is -1.49. The van der Waals surface area contributed by atoms with Gasteiger partial charge >= 0.3 is 12.6 Å². The molecule has 0 amide bonds. The highest BCUT2D eigenvalue weighted by molar-refractivity contribution is 9.09. The van der Waals surface area contributed by atoms with Crippen molar-refractivity contribution in [3.63, 3.8) is 0 Å². The van der Waals surface area contributed by atoms with Crippen LogP contribution in [0.1, 0.15) is 6.92 Å². The van der Waals surface area contributed by atoms with Gasteiger partial charge in [-0.15, -0.1) is 11.5 Å². The average Bonchev–Trinajstić information content (AvgIpc) is 1.98. The number of rotatable bonds is 3. The quantitative estimate of drug-likeness (QED) is 0.333. The second-order valence-corrected chi connectivity index (χ2v) is 3.53. The Bertz CT molecular complexity index is 221. The predicted octanol–water partition coefficient (Wildman–Crippen LogP) is 3.67. The zero-order valence-corrected chi connectivity index (χ0v) is 9.17. The third-order valence-electron chi connectivity index (χ3n) is 1.73. The van der Waals surface area contributed by atoms with Gasteiger partial charge in [-0.2, -0.15) is 26.3 Å². The molecule has 0 fully saturated rings. The van der Waals surface area contributed by atoms with Crippen molar-refractivity contribution in [3.8, 4) is 0 Å². The van der Waals surface area contributed by atoms with Gasteiger partial charge in [0.05, 0.1) is 5.54 Å². The lowest BCUT2D eigenvalue weighted by atomic mass is 10.0. The molecule has 0 aromatic rings. The van der Waals surface area contributed by atoms with Crippen LogP contribution < -0.4 is 0 Å². The highest BCUT2D eigenvalue weighted by Crippen LogP contribution is 2.41. The first-order valence-corrected chi connectivity index (χ1v) is 4.74. The first kappa shape index (κ1) is 14.8. The molecule has 0 aliphatic carbocycles. The average molecular weight is 300 g/mol. The Labute approximate surface area is 90.9 Å². The Hall–Kier alpha value is -0.240. The molecule has 0 heterocycles. The molecule has 8 heteroatoms. The van der Waals surface area contributed by atoms with E-state index in [0.717, 1.165) is 6.92 Å². The van der Waals surface area contributed by atoms with Crippen molar-refractivity contribution >= 4 is 15.9 Å². The first-order valence-electron chi connectivity index (χ1n) is 3.62. The van der Waals surface area contributed by atoms with E-state index in [1.807, 2.05) is 0 Å². The molecule has 1 nitrogen and oxygen atoms in total. The molecular weight excluding hydrogens is 292 g/mol. The molecule has 0 aliphatic heterocycles. The van der Waals surface area contributed by atoms with Gasteiger partial charge < -0.3 is 0 Å². The van der Waals surface area contributed by atoms with E-state index in [0.29, 0.717) is 6.08 Å². The van der Waals surface area contributed by atoms with Gasteiger partial charge in [0, 0.05) is 5.33 Å². The van der Waals surface area contributed by atoms with Crippen LogP contribution in [0, 0.1) is 0 Å². The standard InChI is InChI=1S/C7H8BrF6N/c1-3-5(2,4-8)15(6(9,10)11)7(12,13)14/h3H,1,4H2,2H3. The van der Waals surface area contributed by atoms with E-state index in [-0.39, 0.29) is 0 Å². The molecule has 90 valence electrons. The molecule has 0 aliphatic rings. The van der Waals surface area contributed by atoms with Crippen LogP contribution in [0.25, 0.3) is 0 Å². The van der Waals surface area contributed by atoms with Gasteiger partial charge in [0.15, 0.2) is 0 Å². The molecule has 0 bridgehead atoms. The zero-order valence-electron chi connectivity index (χ0n) is 7.58. The smallest absolute Gasteiger partial charge is 0.155 e. The Kier molecular flexibility index (Phi) is 4.26. The van der Waals surface area contributed by atoms with Crippen LogP contribution >= 0.6 is 15.9 Å². The van der Waals surface area contributed by atoms with E-state index >= 15 is 0 Å². The third-order valence-corrected chi connectivity index (χ3v) is 2.86. The monoisotopic (exact) mass is 299 g/mol. The van der Waals surface area contributed by atoms with Crippen molar-refractivity contribution in [2.24, 2.45) is 0 Å². The lowest BCUT2D eigenvalue weighted by Gasteiger charge is -2.39. The highest BCUT2D eigenvalue weighted by atomic mass is 79.9. The van der Waals surface area contributed by atoms with Gasteiger partial charge in [-0.1, -0.05) is 22.0 Å². The van der Waals surface area contributed by atoms with Crippen LogP contribution in [0.2, 0.25) is 0 Å². The SMILES string of the molecule is C=CC(C)(CBr)N(C(F)(F)F)C(F)(F)F. The molecule has 0 spiro atoms. The maximum absolute atomic E-state index is 12.2. The topological polar surface area (TPSA) is 3.24 Å². The largest absolute Gasteiger partial charge is 0.467 e. The fourth-order valence-corrected chi connectivity index (χ4v) is 1.41. The molecule has 0 aromatic heterocycles. The molecule has 1 atom stereocenters. The van der Waals surface area contributed by atoms with Crippen LogP contribution in [0.5, 0.6) is 0 Å². The van der Waals surface area contributed by atoms with E-state index in [4.69, 9.17) is 0 Å². The Morgan fingerprint density at radius 3 is 1.53 bits per heavy atom. The van der Waals surface area contributed by atoms with Gasteiger partial charge in [-0.3, -0.25) is 0 Å². The van der Waals surface area contributed by atoms with Crippen LogP contribution in [0.3, 0.4) is 0 Å². The highest BCUT2D eigenvalue weighted by Gasteiger charge is 2.60. The number of hydrogen-bond acceptors (Lipinski definition) is 1. The minimum absolute atomic E-state index is 0.539. The van der Waals surface area contributed by atoms with Gasteiger partial charge in [0.2, 0.25) is 0 Å². The van der Waals surface area contributed by atoms with Gasteiger partial charge in [-0.25, -0.2) is 0 Å². The van der Waals surface area contributed by atoms with E-state index < -0.39 is 28.4 Å². The Balaban J connectivity index is 5.40. The van der Waals surface area contributed by atoms with Crippen molar-refractivity contribution in [2.45, 2.75) is 25.1 Å². The van der Waals surface area contributed by atoms with Crippen LogP contribution in [-0.2, 0) is 0 Å². The molecule has 15 heavy (non-hydrogen) atoms. The number of hydrogen-bond donors (Lipinski definition) is 0. The zero-order chi connectivity index (χ0) is 12.5.